The molecule has 0 aliphatic carbocycles. The van der Waals surface area contributed by atoms with Gasteiger partial charge < -0.3 is 4.74 Å². The summed E-state index contributed by atoms with van der Waals surface area (Å²) in [5.74, 6) is 0.260. The molecule has 0 spiro atoms. The van der Waals surface area contributed by atoms with Crippen LogP contribution in [0.4, 0.5) is 0 Å². The molecule has 1 aliphatic rings. The van der Waals surface area contributed by atoms with Crippen molar-refractivity contribution in [2.24, 2.45) is 5.92 Å². The van der Waals surface area contributed by atoms with E-state index in [4.69, 9.17) is 4.74 Å². The zero-order valence-electron chi connectivity index (χ0n) is 8.63. The fourth-order valence-electron chi connectivity index (χ4n) is 1.86. The summed E-state index contributed by atoms with van der Waals surface area (Å²) < 4.78 is 6.19. The minimum atomic E-state index is 0.0544. The summed E-state index contributed by atoms with van der Waals surface area (Å²) in [6.45, 7) is 3.28. The van der Waals surface area contributed by atoms with Crippen LogP contribution in [0.15, 0.2) is 22.7 Å². The molecule has 0 N–H and O–H groups in total. The van der Waals surface area contributed by atoms with Crippen LogP contribution in [0.25, 0.3) is 0 Å². The first-order valence-corrected chi connectivity index (χ1v) is 5.85. The predicted molar refractivity (Wildman–Crippen MR) is 62.1 cm³/mol. The molecule has 0 aromatic heterocycles. The minimum absolute atomic E-state index is 0.0544. The maximum atomic E-state index is 12.1. The number of halogens is 1. The molecule has 1 fully saturated rings. The van der Waals surface area contributed by atoms with Gasteiger partial charge in [0.25, 0.3) is 0 Å². The standard InChI is InChI=1S/C12H13BrO2/c1-8-4-10(6-11(13)5-8)12(14)9-2-3-15-7-9/h4-6,9H,2-3,7H2,1H3. The number of ketones is 1. The van der Waals surface area contributed by atoms with Gasteiger partial charge in [-0.1, -0.05) is 15.9 Å². The molecule has 2 nitrogen and oxygen atoms in total. The van der Waals surface area contributed by atoms with Crippen LogP contribution in [-0.2, 0) is 4.74 Å². The molecule has 1 heterocycles. The van der Waals surface area contributed by atoms with E-state index >= 15 is 0 Å². The smallest absolute Gasteiger partial charge is 0.168 e. The molecule has 80 valence electrons. The molecule has 15 heavy (non-hydrogen) atoms. The average molecular weight is 269 g/mol. The molecule has 3 heteroatoms. The van der Waals surface area contributed by atoms with Gasteiger partial charge in [0.15, 0.2) is 5.78 Å². The highest BCUT2D eigenvalue weighted by molar-refractivity contribution is 9.10. The topological polar surface area (TPSA) is 26.3 Å². The highest BCUT2D eigenvalue weighted by atomic mass is 79.9. The molecule has 2 rings (SSSR count). The van der Waals surface area contributed by atoms with E-state index in [2.05, 4.69) is 15.9 Å². The Hall–Kier alpha value is -0.670. The molecule has 1 aliphatic heterocycles. The predicted octanol–water partition coefficient (Wildman–Crippen LogP) is 2.98. The maximum absolute atomic E-state index is 12.1. The lowest BCUT2D eigenvalue weighted by molar-refractivity contribution is 0.0900. The summed E-state index contributed by atoms with van der Waals surface area (Å²) in [6, 6.07) is 5.82. The van der Waals surface area contributed by atoms with Crippen LogP contribution in [0.5, 0.6) is 0 Å². The number of hydrogen-bond acceptors (Lipinski definition) is 2. The van der Waals surface area contributed by atoms with Crippen LogP contribution in [0.1, 0.15) is 22.3 Å². The molecule has 1 unspecified atom stereocenters. The minimum Gasteiger partial charge on any atom is -0.381 e. The second-order valence-electron chi connectivity index (χ2n) is 3.94. The summed E-state index contributed by atoms with van der Waals surface area (Å²) in [4.78, 5) is 12.1. The van der Waals surface area contributed by atoms with Gasteiger partial charge in [0.2, 0.25) is 0 Å². The number of Topliss-reactive ketones (excluding diaryl/α,β-unsaturated/α-hetero) is 1. The van der Waals surface area contributed by atoms with Crippen molar-refractivity contribution in [3.05, 3.63) is 33.8 Å². The van der Waals surface area contributed by atoms with Gasteiger partial charge in [-0.3, -0.25) is 4.79 Å². The van der Waals surface area contributed by atoms with Crippen LogP contribution in [0.2, 0.25) is 0 Å². The molecule has 0 amide bonds. The van der Waals surface area contributed by atoms with E-state index in [0.717, 1.165) is 22.0 Å². The Morgan fingerprint density at radius 2 is 2.27 bits per heavy atom. The zero-order valence-corrected chi connectivity index (χ0v) is 10.2. The third-order valence-electron chi connectivity index (χ3n) is 2.63. The number of carbonyl (C=O) groups is 1. The van der Waals surface area contributed by atoms with Crippen LogP contribution in [0.3, 0.4) is 0 Å². The molecule has 1 atom stereocenters. The molecule has 0 bridgehead atoms. The van der Waals surface area contributed by atoms with Crippen molar-refractivity contribution in [1.82, 2.24) is 0 Å². The Morgan fingerprint density at radius 1 is 1.47 bits per heavy atom. The fourth-order valence-corrected chi connectivity index (χ4v) is 2.46. The van der Waals surface area contributed by atoms with Crippen molar-refractivity contribution in [2.45, 2.75) is 13.3 Å². The van der Waals surface area contributed by atoms with Gasteiger partial charge in [-0.2, -0.15) is 0 Å². The Bertz CT molecular complexity index is 361. The summed E-state index contributed by atoms with van der Waals surface area (Å²) in [6.07, 6.45) is 0.852. The zero-order chi connectivity index (χ0) is 10.8. The van der Waals surface area contributed by atoms with Crippen LogP contribution < -0.4 is 0 Å². The largest absolute Gasteiger partial charge is 0.381 e. The summed E-state index contributed by atoms with van der Waals surface area (Å²) in [7, 11) is 0. The summed E-state index contributed by atoms with van der Waals surface area (Å²) >= 11 is 3.41. The highest BCUT2D eigenvalue weighted by Gasteiger charge is 2.24. The second-order valence-corrected chi connectivity index (χ2v) is 4.86. The van der Waals surface area contributed by atoms with E-state index in [9.17, 15) is 4.79 Å². The summed E-state index contributed by atoms with van der Waals surface area (Å²) in [5.41, 5.74) is 1.89. The van der Waals surface area contributed by atoms with E-state index in [1.807, 2.05) is 25.1 Å². The Morgan fingerprint density at radius 3 is 2.87 bits per heavy atom. The van der Waals surface area contributed by atoms with Gasteiger partial charge in [-0.05, 0) is 37.1 Å². The third kappa shape index (κ3) is 2.47. The molecule has 1 saturated heterocycles. The van der Waals surface area contributed by atoms with E-state index in [-0.39, 0.29) is 11.7 Å². The maximum Gasteiger partial charge on any atom is 0.168 e. The van der Waals surface area contributed by atoms with Crippen molar-refractivity contribution < 1.29 is 9.53 Å². The van der Waals surface area contributed by atoms with Crippen molar-refractivity contribution in [3.8, 4) is 0 Å². The molecule has 0 saturated carbocycles. The van der Waals surface area contributed by atoms with E-state index < -0.39 is 0 Å². The lowest BCUT2D eigenvalue weighted by Gasteiger charge is -2.07. The Kier molecular flexibility index (Phi) is 3.22. The molecule has 1 aromatic carbocycles. The first-order chi connectivity index (χ1) is 7.16. The lowest BCUT2D eigenvalue weighted by Crippen LogP contribution is -2.14. The Labute approximate surface area is 97.8 Å². The van der Waals surface area contributed by atoms with Gasteiger partial charge in [0.05, 0.1) is 6.61 Å². The normalized spacial score (nSPS) is 20.5. The SMILES string of the molecule is Cc1cc(Br)cc(C(=O)C2CCOC2)c1. The van der Waals surface area contributed by atoms with Crippen molar-refractivity contribution in [3.63, 3.8) is 0 Å². The average Bonchev–Trinajstić information content (AvgIpc) is 2.67. The third-order valence-corrected chi connectivity index (χ3v) is 3.08. The quantitative estimate of drug-likeness (QED) is 0.771. The summed E-state index contributed by atoms with van der Waals surface area (Å²) in [5, 5.41) is 0. The second kappa shape index (κ2) is 4.45. The first-order valence-electron chi connectivity index (χ1n) is 5.06. The van der Waals surface area contributed by atoms with E-state index in [1.165, 1.54) is 0 Å². The van der Waals surface area contributed by atoms with Gasteiger partial charge in [0, 0.05) is 22.6 Å². The van der Waals surface area contributed by atoms with Crippen molar-refractivity contribution in [2.75, 3.05) is 13.2 Å². The van der Waals surface area contributed by atoms with Gasteiger partial charge >= 0.3 is 0 Å². The van der Waals surface area contributed by atoms with Gasteiger partial charge in [-0.15, -0.1) is 0 Å². The first kappa shape index (κ1) is 10.8. The number of hydrogen-bond donors (Lipinski definition) is 0. The highest BCUT2D eigenvalue weighted by Crippen LogP contribution is 2.22. The van der Waals surface area contributed by atoms with Crippen LogP contribution in [-0.4, -0.2) is 19.0 Å². The Balaban J connectivity index is 2.24. The van der Waals surface area contributed by atoms with Crippen molar-refractivity contribution >= 4 is 21.7 Å². The molecular formula is C12H13BrO2. The monoisotopic (exact) mass is 268 g/mol. The van der Waals surface area contributed by atoms with Gasteiger partial charge in [0.1, 0.15) is 0 Å². The van der Waals surface area contributed by atoms with Crippen LogP contribution in [0, 0.1) is 12.8 Å². The lowest BCUT2D eigenvalue weighted by atomic mass is 9.96. The number of aryl methyl sites for hydroxylation is 1. The van der Waals surface area contributed by atoms with E-state index in [1.54, 1.807) is 0 Å². The number of carbonyl (C=O) groups excluding carboxylic acids is 1. The molecule has 0 radical (unpaired) electrons. The fraction of sp³-hybridized carbons (Fsp3) is 0.417. The number of rotatable bonds is 2. The van der Waals surface area contributed by atoms with E-state index in [0.29, 0.717) is 13.2 Å². The number of ether oxygens (including phenoxy) is 1. The molecule has 1 aromatic rings. The number of benzene rings is 1. The molecular weight excluding hydrogens is 256 g/mol. The van der Waals surface area contributed by atoms with Crippen molar-refractivity contribution in [1.29, 1.82) is 0 Å². The van der Waals surface area contributed by atoms with Crippen LogP contribution >= 0.6 is 15.9 Å². The van der Waals surface area contributed by atoms with Gasteiger partial charge in [-0.25, -0.2) is 0 Å².